The molecule has 0 spiro atoms. The molecule has 206 valence electrons. The third kappa shape index (κ3) is 6.78. The Morgan fingerprint density at radius 1 is 0.950 bits per heavy atom. The predicted octanol–water partition coefficient (Wildman–Crippen LogP) is 6.08. The summed E-state index contributed by atoms with van der Waals surface area (Å²) in [5.41, 5.74) is 2.45. The Bertz CT molecular complexity index is 1490. The molecule has 11 heteroatoms. The second kappa shape index (κ2) is 11.9. The number of alkyl halides is 3. The predicted molar refractivity (Wildman–Crippen MR) is 147 cm³/mol. The van der Waals surface area contributed by atoms with Gasteiger partial charge in [-0.15, -0.1) is 0 Å². The minimum atomic E-state index is -4.48. The van der Waals surface area contributed by atoms with Crippen molar-refractivity contribution in [2.45, 2.75) is 31.5 Å². The van der Waals surface area contributed by atoms with Crippen LogP contribution in [0.2, 0.25) is 10.2 Å². The molecule has 0 bridgehead atoms. The Morgan fingerprint density at radius 3 is 2.30 bits per heavy atom. The van der Waals surface area contributed by atoms with Crippen molar-refractivity contribution in [3.8, 4) is 11.4 Å². The maximum absolute atomic E-state index is 13.6. The van der Waals surface area contributed by atoms with Crippen LogP contribution in [0, 0.1) is 0 Å². The average Bonchev–Trinajstić information content (AvgIpc) is 2.94. The van der Waals surface area contributed by atoms with Gasteiger partial charge < -0.3 is 10.2 Å². The van der Waals surface area contributed by atoms with Gasteiger partial charge in [0.1, 0.15) is 11.7 Å². The lowest BCUT2D eigenvalue weighted by molar-refractivity contribution is -0.919. The Balaban J connectivity index is 1.27. The number of carbonyl (C=O) groups excluding carboxylic acids is 1. The zero-order valence-electron chi connectivity index (χ0n) is 21.2. The number of pyridine rings is 1. The fourth-order valence-corrected chi connectivity index (χ4v) is 5.24. The summed E-state index contributed by atoms with van der Waals surface area (Å²) in [6.07, 6.45) is 1.42. The number of amides is 1. The second-order valence-electron chi connectivity index (χ2n) is 9.74. The fraction of sp³-hybridized carbons (Fsp3) is 0.241. The number of aromatic nitrogens is 3. The van der Waals surface area contributed by atoms with E-state index in [0.29, 0.717) is 34.9 Å². The summed E-state index contributed by atoms with van der Waals surface area (Å²) in [5, 5.41) is 3.42. The average molecular weight is 587 g/mol. The molecule has 0 radical (unpaired) electrons. The van der Waals surface area contributed by atoms with E-state index in [0.717, 1.165) is 36.8 Å². The monoisotopic (exact) mass is 586 g/mol. The van der Waals surface area contributed by atoms with Crippen LogP contribution in [0.4, 0.5) is 18.9 Å². The third-order valence-electron chi connectivity index (χ3n) is 7.03. The van der Waals surface area contributed by atoms with Gasteiger partial charge in [0.25, 0.3) is 5.91 Å². The maximum atomic E-state index is 13.6. The van der Waals surface area contributed by atoms with Crippen LogP contribution < -0.4 is 10.2 Å². The van der Waals surface area contributed by atoms with Gasteiger partial charge in [0.05, 0.1) is 23.7 Å². The van der Waals surface area contributed by atoms with E-state index in [1.807, 2.05) is 24.3 Å². The van der Waals surface area contributed by atoms with Crippen molar-refractivity contribution in [2.75, 3.05) is 18.4 Å². The molecular weight excluding hydrogens is 562 g/mol. The molecule has 0 aliphatic carbocycles. The smallest absolute Gasteiger partial charge is 0.331 e. The first-order valence-corrected chi connectivity index (χ1v) is 13.5. The van der Waals surface area contributed by atoms with E-state index in [1.165, 1.54) is 35.4 Å². The molecule has 4 aromatic rings. The zero-order chi connectivity index (χ0) is 28.3. The molecule has 3 heterocycles. The molecule has 1 saturated heterocycles. The lowest BCUT2D eigenvalue weighted by Gasteiger charge is -2.31. The van der Waals surface area contributed by atoms with Gasteiger partial charge >= 0.3 is 6.18 Å². The molecule has 2 aromatic heterocycles. The molecule has 0 saturated carbocycles. The third-order valence-corrected chi connectivity index (χ3v) is 7.44. The van der Waals surface area contributed by atoms with Crippen molar-refractivity contribution in [1.29, 1.82) is 0 Å². The van der Waals surface area contributed by atoms with Gasteiger partial charge in [-0.2, -0.15) is 13.2 Å². The Kier molecular flexibility index (Phi) is 8.35. The van der Waals surface area contributed by atoms with Crippen LogP contribution in [0.15, 0.2) is 73.2 Å². The summed E-state index contributed by atoms with van der Waals surface area (Å²) in [4.78, 5) is 26.5. The van der Waals surface area contributed by atoms with E-state index in [-0.39, 0.29) is 16.6 Å². The summed E-state index contributed by atoms with van der Waals surface area (Å²) in [6, 6.07) is 14.4. The lowest BCUT2D eigenvalue weighted by atomic mass is 9.87. The van der Waals surface area contributed by atoms with E-state index in [9.17, 15) is 18.0 Å². The number of benzene rings is 2. The first-order valence-electron chi connectivity index (χ1n) is 12.7. The molecule has 2 aromatic carbocycles. The molecule has 5 rings (SSSR count). The van der Waals surface area contributed by atoms with Crippen LogP contribution in [0.1, 0.15) is 45.8 Å². The standard InChI is InChI=1S/C29H24Cl2F3N5O/c30-23-15-36-27(37-16-23)20-3-1-18(2-4-20)17-39-11-8-19(9-12-39)24-14-22(29(32,33)34)5-6-25(24)38-28(40)21-7-10-35-26(31)13-21/h1-7,10,13-16,19H,8-9,11-12,17H2,(H,38,40)/p+1. The number of piperidine rings is 1. The number of carbonyl (C=O) groups is 1. The van der Waals surface area contributed by atoms with Crippen molar-refractivity contribution in [3.05, 3.63) is 106 Å². The van der Waals surface area contributed by atoms with Crippen LogP contribution >= 0.6 is 23.2 Å². The van der Waals surface area contributed by atoms with Crippen LogP contribution in [0.25, 0.3) is 11.4 Å². The summed E-state index contributed by atoms with van der Waals surface area (Å²) >= 11 is 11.8. The van der Waals surface area contributed by atoms with Crippen molar-refractivity contribution >= 4 is 34.8 Å². The summed E-state index contributed by atoms with van der Waals surface area (Å²) in [5.74, 6) is 0.0211. The van der Waals surface area contributed by atoms with Gasteiger partial charge in [0.15, 0.2) is 5.82 Å². The van der Waals surface area contributed by atoms with Gasteiger partial charge in [-0.05, 0) is 41.8 Å². The fourth-order valence-electron chi connectivity index (χ4n) is 4.96. The van der Waals surface area contributed by atoms with E-state index in [4.69, 9.17) is 23.2 Å². The van der Waals surface area contributed by atoms with Crippen molar-refractivity contribution in [1.82, 2.24) is 15.0 Å². The number of nitrogens with zero attached hydrogens (tertiary/aromatic N) is 3. The van der Waals surface area contributed by atoms with E-state index < -0.39 is 17.6 Å². The van der Waals surface area contributed by atoms with Crippen molar-refractivity contribution in [3.63, 3.8) is 0 Å². The first-order chi connectivity index (χ1) is 19.2. The number of hydrogen-bond acceptors (Lipinski definition) is 4. The molecule has 40 heavy (non-hydrogen) atoms. The molecule has 1 aliphatic rings. The van der Waals surface area contributed by atoms with Crippen LogP contribution in [-0.4, -0.2) is 33.9 Å². The Morgan fingerprint density at radius 2 is 1.65 bits per heavy atom. The highest BCUT2D eigenvalue weighted by Gasteiger charge is 2.33. The number of likely N-dealkylation sites (tertiary alicyclic amines) is 1. The number of nitrogens with one attached hydrogen (secondary N) is 2. The highest BCUT2D eigenvalue weighted by Crippen LogP contribution is 2.37. The number of quaternary nitrogens is 1. The summed E-state index contributed by atoms with van der Waals surface area (Å²) in [6.45, 7) is 2.37. The van der Waals surface area contributed by atoms with E-state index in [2.05, 4.69) is 20.3 Å². The minimum Gasteiger partial charge on any atom is -0.331 e. The molecule has 0 atom stereocenters. The molecule has 0 unspecified atom stereocenters. The SMILES string of the molecule is O=C(Nc1ccc(C(F)(F)F)cc1C1CC[NH+](Cc2ccc(-c3ncc(Cl)cn3)cc2)CC1)c1ccnc(Cl)c1. The van der Waals surface area contributed by atoms with Crippen LogP contribution in [0.5, 0.6) is 0 Å². The van der Waals surface area contributed by atoms with Gasteiger partial charge in [0.2, 0.25) is 0 Å². The molecule has 1 amide bonds. The highest BCUT2D eigenvalue weighted by atomic mass is 35.5. The van der Waals surface area contributed by atoms with E-state index >= 15 is 0 Å². The van der Waals surface area contributed by atoms with E-state index in [1.54, 1.807) is 12.4 Å². The lowest BCUT2D eigenvalue weighted by Crippen LogP contribution is -3.11. The summed E-state index contributed by atoms with van der Waals surface area (Å²) < 4.78 is 40.7. The van der Waals surface area contributed by atoms with Gasteiger partial charge in [-0.25, -0.2) is 15.0 Å². The molecule has 6 nitrogen and oxygen atoms in total. The quantitative estimate of drug-likeness (QED) is 0.269. The number of hydrogen-bond donors (Lipinski definition) is 2. The Hall–Kier alpha value is -3.53. The number of anilines is 1. The molecule has 1 fully saturated rings. The van der Waals surface area contributed by atoms with Crippen LogP contribution in [-0.2, 0) is 12.7 Å². The number of halogens is 5. The Labute approximate surface area is 239 Å². The topological polar surface area (TPSA) is 72.2 Å². The van der Waals surface area contributed by atoms with Crippen LogP contribution in [0.3, 0.4) is 0 Å². The highest BCUT2D eigenvalue weighted by molar-refractivity contribution is 6.30. The maximum Gasteiger partial charge on any atom is 0.416 e. The second-order valence-corrected chi connectivity index (χ2v) is 10.6. The molecule has 1 aliphatic heterocycles. The molecular formula is C29H25Cl2F3N5O+. The van der Waals surface area contributed by atoms with Crippen molar-refractivity contribution < 1.29 is 22.9 Å². The largest absolute Gasteiger partial charge is 0.416 e. The minimum absolute atomic E-state index is 0.119. The normalized spacial score (nSPS) is 17.4. The van der Waals surface area contributed by atoms with Gasteiger partial charge in [-0.3, -0.25) is 4.79 Å². The first kappa shape index (κ1) is 28.0. The number of rotatable bonds is 6. The summed E-state index contributed by atoms with van der Waals surface area (Å²) in [7, 11) is 0. The zero-order valence-corrected chi connectivity index (χ0v) is 22.7. The van der Waals surface area contributed by atoms with Gasteiger partial charge in [0, 0.05) is 53.8 Å². The van der Waals surface area contributed by atoms with Crippen molar-refractivity contribution in [2.24, 2.45) is 0 Å². The van der Waals surface area contributed by atoms with Gasteiger partial charge in [-0.1, -0.05) is 47.5 Å². The molecule has 2 N–H and O–H groups in total.